The molecule has 2 aliphatic rings. The summed E-state index contributed by atoms with van der Waals surface area (Å²) in [6, 6.07) is 11.2. The normalized spacial score (nSPS) is 20.9. The molecule has 4 rings (SSSR count). The van der Waals surface area contributed by atoms with E-state index < -0.39 is 11.4 Å². The van der Waals surface area contributed by atoms with E-state index in [1.54, 1.807) is 6.92 Å². The van der Waals surface area contributed by atoms with Crippen molar-refractivity contribution < 1.29 is 14.3 Å². The second-order valence-corrected chi connectivity index (χ2v) is 6.43. The van der Waals surface area contributed by atoms with E-state index in [-0.39, 0.29) is 6.79 Å². The van der Waals surface area contributed by atoms with E-state index in [0.29, 0.717) is 29.3 Å². The van der Waals surface area contributed by atoms with Crippen molar-refractivity contribution in [2.24, 2.45) is 10.8 Å². The Morgan fingerprint density at radius 3 is 2.56 bits per heavy atom. The van der Waals surface area contributed by atoms with Crippen LogP contribution in [0.1, 0.15) is 23.6 Å². The number of rotatable bonds is 2. The number of hydrazone groups is 1. The minimum atomic E-state index is -1.00. The standard InChI is InChI=1S/C18H18N4O3/c1-18(17(20)23)8-11-6-14-15(25-9-24-14)7-13(11)16(21-22-18)10-2-4-12(19)5-3-10/h2-7,22H,8-9,19H2,1H3,(H2,20,23). The summed E-state index contributed by atoms with van der Waals surface area (Å²) >= 11 is 0. The summed E-state index contributed by atoms with van der Waals surface area (Å²) in [7, 11) is 0. The number of nitrogens with one attached hydrogen (secondary N) is 1. The Balaban J connectivity index is 1.91. The number of hydrogen-bond acceptors (Lipinski definition) is 6. The fraction of sp³-hybridized carbons (Fsp3) is 0.222. The molecule has 2 aromatic carbocycles. The van der Waals surface area contributed by atoms with Crippen LogP contribution in [-0.4, -0.2) is 24.0 Å². The highest BCUT2D eigenvalue weighted by Gasteiger charge is 2.36. The molecular formula is C18H18N4O3. The molecule has 0 radical (unpaired) electrons. The highest BCUT2D eigenvalue weighted by molar-refractivity contribution is 6.14. The van der Waals surface area contributed by atoms with E-state index in [2.05, 4.69) is 10.5 Å². The van der Waals surface area contributed by atoms with Crippen LogP contribution in [-0.2, 0) is 11.2 Å². The predicted molar refractivity (Wildman–Crippen MR) is 93.5 cm³/mol. The lowest BCUT2D eigenvalue weighted by atomic mass is 9.88. The molecule has 2 aromatic rings. The number of carbonyl (C=O) groups excluding carboxylic acids is 1. The molecule has 5 N–H and O–H groups in total. The van der Waals surface area contributed by atoms with E-state index in [9.17, 15) is 4.79 Å². The third-order valence-electron chi connectivity index (χ3n) is 4.54. The minimum absolute atomic E-state index is 0.178. The summed E-state index contributed by atoms with van der Waals surface area (Å²) in [5, 5.41) is 4.49. The van der Waals surface area contributed by atoms with Gasteiger partial charge in [0.25, 0.3) is 0 Å². The molecule has 128 valence electrons. The first-order chi connectivity index (χ1) is 12.0. The SMILES string of the molecule is CC1(C(N)=O)Cc2cc3c(cc2C(c2ccc(N)cc2)=NN1)OCO3. The maximum atomic E-state index is 12.0. The third kappa shape index (κ3) is 2.53. The van der Waals surface area contributed by atoms with Gasteiger partial charge in [0.05, 0.1) is 5.71 Å². The number of amides is 1. The molecule has 0 aliphatic carbocycles. The van der Waals surface area contributed by atoms with Gasteiger partial charge in [-0.05, 0) is 36.8 Å². The van der Waals surface area contributed by atoms with Crippen LogP contribution in [0.3, 0.4) is 0 Å². The zero-order chi connectivity index (χ0) is 17.6. The summed E-state index contributed by atoms with van der Waals surface area (Å²) in [4.78, 5) is 12.0. The molecule has 25 heavy (non-hydrogen) atoms. The van der Waals surface area contributed by atoms with Crippen LogP contribution in [0.5, 0.6) is 11.5 Å². The van der Waals surface area contributed by atoms with Crippen molar-refractivity contribution in [3.05, 3.63) is 53.1 Å². The van der Waals surface area contributed by atoms with Crippen molar-refractivity contribution >= 4 is 17.3 Å². The van der Waals surface area contributed by atoms with E-state index >= 15 is 0 Å². The second kappa shape index (κ2) is 5.41. The summed E-state index contributed by atoms with van der Waals surface area (Å²) in [5.74, 6) is 0.840. The maximum Gasteiger partial charge on any atom is 0.244 e. The molecule has 2 aliphatic heterocycles. The average Bonchev–Trinajstić information content (AvgIpc) is 2.97. The van der Waals surface area contributed by atoms with E-state index in [1.165, 1.54) is 0 Å². The zero-order valence-corrected chi connectivity index (χ0v) is 13.7. The van der Waals surface area contributed by atoms with Gasteiger partial charge in [0, 0.05) is 23.2 Å². The average molecular weight is 338 g/mol. The smallest absolute Gasteiger partial charge is 0.244 e. The molecule has 0 saturated carbocycles. The van der Waals surface area contributed by atoms with Gasteiger partial charge in [-0.15, -0.1) is 0 Å². The minimum Gasteiger partial charge on any atom is -0.454 e. The zero-order valence-electron chi connectivity index (χ0n) is 13.7. The van der Waals surface area contributed by atoms with Crippen molar-refractivity contribution in [2.75, 3.05) is 12.5 Å². The van der Waals surface area contributed by atoms with Gasteiger partial charge < -0.3 is 20.9 Å². The van der Waals surface area contributed by atoms with E-state index in [1.807, 2.05) is 36.4 Å². The van der Waals surface area contributed by atoms with Crippen LogP contribution in [0.25, 0.3) is 0 Å². The number of hydrogen-bond donors (Lipinski definition) is 3. The van der Waals surface area contributed by atoms with Gasteiger partial charge in [0.15, 0.2) is 11.5 Å². The largest absolute Gasteiger partial charge is 0.454 e. The van der Waals surface area contributed by atoms with E-state index in [4.69, 9.17) is 20.9 Å². The van der Waals surface area contributed by atoms with Crippen molar-refractivity contribution in [3.63, 3.8) is 0 Å². The summed E-state index contributed by atoms with van der Waals surface area (Å²) in [6.45, 7) is 1.91. The molecule has 2 heterocycles. The Hall–Kier alpha value is -3.22. The van der Waals surface area contributed by atoms with Gasteiger partial charge in [0.1, 0.15) is 5.54 Å². The summed E-state index contributed by atoms with van der Waals surface area (Å²) < 4.78 is 11.0. The number of nitrogen functional groups attached to an aromatic ring is 1. The number of nitrogens with zero attached hydrogens (tertiary/aromatic N) is 1. The number of ether oxygens (including phenoxy) is 2. The Bertz CT molecular complexity index is 892. The molecular weight excluding hydrogens is 320 g/mol. The number of primary amides is 1. The first-order valence-electron chi connectivity index (χ1n) is 7.90. The van der Waals surface area contributed by atoms with Gasteiger partial charge in [-0.1, -0.05) is 12.1 Å². The molecule has 0 spiro atoms. The van der Waals surface area contributed by atoms with Crippen LogP contribution >= 0.6 is 0 Å². The van der Waals surface area contributed by atoms with Gasteiger partial charge in [-0.25, -0.2) is 0 Å². The highest BCUT2D eigenvalue weighted by Crippen LogP contribution is 2.37. The lowest BCUT2D eigenvalue weighted by Gasteiger charge is -2.24. The number of fused-ring (bicyclic) bond motifs is 2. The number of carbonyl (C=O) groups is 1. The molecule has 0 fully saturated rings. The molecule has 7 heteroatoms. The molecule has 0 bridgehead atoms. The fourth-order valence-electron chi connectivity index (χ4n) is 3.01. The van der Waals surface area contributed by atoms with Crippen molar-refractivity contribution in [1.29, 1.82) is 0 Å². The van der Waals surface area contributed by atoms with Gasteiger partial charge in [-0.2, -0.15) is 5.10 Å². The quantitative estimate of drug-likeness (QED) is 0.711. The summed E-state index contributed by atoms with van der Waals surface area (Å²) in [6.07, 6.45) is 0.385. The van der Waals surface area contributed by atoms with Crippen LogP contribution in [0, 0.1) is 0 Å². The number of nitrogens with two attached hydrogens (primary N) is 2. The molecule has 0 saturated heterocycles. The highest BCUT2D eigenvalue weighted by atomic mass is 16.7. The Kier molecular flexibility index (Phi) is 3.31. The molecule has 1 amide bonds. The lowest BCUT2D eigenvalue weighted by Crippen LogP contribution is -2.52. The van der Waals surface area contributed by atoms with Crippen molar-refractivity contribution in [3.8, 4) is 11.5 Å². The number of benzene rings is 2. The van der Waals surface area contributed by atoms with Crippen LogP contribution in [0.15, 0.2) is 41.5 Å². The van der Waals surface area contributed by atoms with Crippen molar-refractivity contribution in [2.45, 2.75) is 18.9 Å². The van der Waals surface area contributed by atoms with Crippen LogP contribution in [0.2, 0.25) is 0 Å². The van der Waals surface area contributed by atoms with Gasteiger partial charge >= 0.3 is 0 Å². The summed E-state index contributed by atoms with van der Waals surface area (Å²) in [5.41, 5.74) is 17.3. The second-order valence-electron chi connectivity index (χ2n) is 6.43. The number of anilines is 1. The Morgan fingerprint density at radius 2 is 1.88 bits per heavy atom. The Morgan fingerprint density at radius 1 is 1.20 bits per heavy atom. The molecule has 7 nitrogen and oxygen atoms in total. The van der Waals surface area contributed by atoms with Crippen LogP contribution in [0.4, 0.5) is 5.69 Å². The first-order valence-corrected chi connectivity index (χ1v) is 7.90. The predicted octanol–water partition coefficient (Wildman–Crippen LogP) is 1.14. The topological polar surface area (TPSA) is 112 Å². The van der Waals surface area contributed by atoms with E-state index in [0.717, 1.165) is 16.7 Å². The lowest BCUT2D eigenvalue weighted by molar-refractivity contribution is -0.123. The third-order valence-corrected chi connectivity index (χ3v) is 4.54. The molecule has 1 unspecified atom stereocenters. The molecule has 1 atom stereocenters. The van der Waals surface area contributed by atoms with Crippen molar-refractivity contribution in [1.82, 2.24) is 5.43 Å². The maximum absolute atomic E-state index is 12.0. The fourth-order valence-corrected chi connectivity index (χ4v) is 3.01. The van der Waals surface area contributed by atoms with Gasteiger partial charge in [0.2, 0.25) is 12.7 Å². The first kappa shape index (κ1) is 15.3. The molecule has 0 aromatic heterocycles. The van der Waals surface area contributed by atoms with Gasteiger partial charge in [-0.3, -0.25) is 10.2 Å². The monoisotopic (exact) mass is 338 g/mol. The Labute approximate surface area is 144 Å². The van der Waals surface area contributed by atoms with Crippen LogP contribution < -0.4 is 26.4 Å².